The third-order valence-electron chi connectivity index (χ3n) is 12.0. The standard InChI is InChI=1S/C52H32N2/c1-2-14-33(15-3-1)34-28-30-35(31-29-34)42-32-47(53-46-25-9-5-17-37(42)46)41-21-12-19-39-36-16-4-7-22-43(36)52(50(39)41)44-23-8-11-27-49(44)54-48-26-10-6-18-38(48)40-20-13-24-45(52)51(40)54/h1-32H. The highest BCUT2D eigenvalue weighted by Gasteiger charge is 2.52. The van der Waals surface area contributed by atoms with Gasteiger partial charge in [-0.1, -0.05) is 170 Å². The maximum Gasteiger partial charge on any atom is 0.0761 e. The first-order valence-electron chi connectivity index (χ1n) is 18.7. The van der Waals surface area contributed by atoms with Crippen LogP contribution in [0.3, 0.4) is 0 Å². The molecule has 2 nitrogen and oxygen atoms in total. The van der Waals surface area contributed by atoms with Gasteiger partial charge in [0.05, 0.1) is 33.3 Å². The lowest BCUT2D eigenvalue weighted by atomic mass is 9.64. The smallest absolute Gasteiger partial charge is 0.0761 e. The zero-order valence-electron chi connectivity index (χ0n) is 29.4. The van der Waals surface area contributed by atoms with Crippen LogP contribution in [0.4, 0.5) is 0 Å². The molecule has 1 unspecified atom stereocenters. The quantitative estimate of drug-likeness (QED) is 0.181. The van der Waals surface area contributed by atoms with Crippen molar-refractivity contribution in [3.8, 4) is 50.3 Å². The predicted molar refractivity (Wildman–Crippen MR) is 223 cm³/mol. The number of para-hydroxylation sites is 4. The first-order valence-corrected chi connectivity index (χ1v) is 18.7. The highest BCUT2D eigenvalue weighted by molar-refractivity contribution is 6.13. The van der Waals surface area contributed by atoms with Crippen LogP contribution in [0, 0.1) is 0 Å². The van der Waals surface area contributed by atoms with E-state index in [9.17, 15) is 0 Å². The summed E-state index contributed by atoms with van der Waals surface area (Å²) in [5, 5.41) is 3.71. The molecule has 0 saturated heterocycles. The van der Waals surface area contributed by atoms with Crippen molar-refractivity contribution in [2.75, 3.05) is 0 Å². The van der Waals surface area contributed by atoms with Crippen molar-refractivity contribution >= 4 is 32.7 Å². The van der Waals surface area contributed by atoms with E-state index < -0.39 is 5.41 Å². The van der Waals surface area contributed by atoms with Gasteiger partial charge in [0, 0.05) is 21.7 Å². The van der Waals surface area contributed by atoms with Crippen molar-refractivity contribution in [2.45, 2.75) is 5.41 Å². The number of hydrogen-bond donors (Lipinski definition) is 0. The van der Waals surface area contributed by atoms with E-state index in [2.05, 4.69) is 199 Å². The lowest BCUT2D eigenvalue weighted by Crippen LogP contribution is -2.34. The van der Waals surface area contributed by atoms with E-state index >= 15 is 0 Å². The van der Waals surface area contributed by atoms with Gasteiger partial charge in [-0.3, -0.25) is 0 Å². The van der Waals surface area contributed by atoms with E-state index in [4.69, 9.17) is 4.98 Å². The molecule has 10 aromatic rings. The average Bonchev–Trinajstić information content (AvgIpc) is 3.75. The molecule has 0 amide bonds. The Labute approximate surface area is 313 Å². The highest BCUT2D eigenvalue weighted by atomic mass is 15.0. The summed E-state index contributed by atoms with van der Waals surface area (Å²) in [5.74, 6) is 0. The second-order valence-electron chi connectivity index (χ2n) is 14.6. The Morgan fingerprint density at radius 2 is 1.00 bits per heavy atom. The molecule has 2 aromatic heterocycles. The van der Waals surface area contributed by atoms with Crippen molar-refractivity contribution < 1.29 is 0 Å². The molecule has 1 aliphatic heterocycles. The Hall–Kier alpha value is -7.03. The summed E-state index contributed by atoms with van der Waals surface area (Å²) < 4.78 is 2.51. The van der Waals surface area contributed by atoms with E-state index in [0.717, 1.165) is 22.2 Å². The van der Waals surface area contributed by atoms with Gasteiger partial charge in [0.2, 0.25) is 0 Å². The van der Waals surface area contributed by atoms with E-state index in [1.165, 1.54) is 83.1 Å². The van der Waals surface area contributed by atoms with Crippen LogP contribution < -0.4 is 0 Å². The molecule has 250 valence electrons. The van der Waals surface area contributed by atoms with E-state index in [0.29, 0.717) is 0 Å². The number of benzene rings is 8. The Balaban J connectivity index is 1.18. The monoisotopic (exact) mass is 684 g/mol. The van der Waals surface area contributed by atoms with Crippen LogP contribution in [0.1, 0.15) is 22.3 Å². The summed E-state index contributed by atoms with van der Waals surface area (Å²) in [6, 6.07) is 71.3. The molecule has 2 aliphatic rings. The van der Waals surface area contributed by atoms with Crippen molar-refractivity contribution in [1.29, 1.82) is 0 Å². The van der Waals surface area contributed by atoms with Crippen molar-refractivity contribution in [3.63, 3.8) is 0 Å². The molecule has 1 spiro atoms. The van der Waals surface area contributed by atoms with Crippen molar-refractivity contribution in [1.82, 2.24) is 9.55 Å². The molecule has 0 saturated carbocycles. The fourth-order valence-corrected chi connectivity index (χ4v) is 9.86. The zero-order chi connectivity index (χ0) is 35.4. The third kappa shape index (κ3) is 3.81. The molecule has 12 rings (SSSR count). The minimum atomic E-state index is -0.562. The fourth-order valence-electron chi connectivity index (χ4n) is 9.86. The highest BCUT2D eigenvalue weighted by Crippen LogP contribution is 2.62. The van der Waals surface area contributed by atoms with Crippen LogP contribution in [0.25, 0.3) is 83.0 Å². The van der Waals surface area contributed by atoms with E-state index in [-0.39, 0.29) is 0 Å². The number of pyridine rings is 1. The lowest BCUT2D eigenvalue weighted by molar-refractivity contribution is 0.750. The summed E-state index contributed by atoms with van der Waals surface area (Å²) in [4.78, 5) is 5.49. The van der Waals surface area contributed by atoms with Gasteiger partial charge in [0.25, 0.3) is 0 Å². The Bertz CT molecular complexity index is 3150. The summed E-state index contributed by atoms with van der Waals surface area (Å²) in [6.45, 7) is 0. The maximum atomic E-state index is 5.49. The number of fused-ring (bicyclic) bond motifs is 13. The molecule has 0 N–H and O–H groups in total. The van der Waals surface area contributed by atoms with Crippen molar-refractivity contribution in [3.05, 3.63) is 216 Å². The Kier molecular flexibility index (Phi) is 6.01. The number of rotatable bonds is 3. The van der Waals surface area contributed by atoms with E-state index in [1.807, 2.05) is 0 Å². The van der Waals surface area contributed by atoms with Gasteiger partial charge < -0.3 is 4.57 Å². The van der Waals surface area contributed by atoms with Gasteiger partial charge in [-0.25, -0.2) is 4.98 Å². The van der Waals surface area contributed by atoms with Crippen LogP contribution in [0.2, 0.25) is 0 Å². The van der Waals surface area contributed by atoms with Gasteiger partial charge in [-0.2, -0.15) is 0 Å². The summed E-state index contributed by atoms with van der Waals surface area (Å²) in [6.07, 6.45) is 0. The van der Waals surface area contributed by atoms with Gasteiger partial charge in [-0.05, 0) is 79.9 Å². The largest absolute Gasteiger partial charge is 0.309 e. The summed E-state index contributed by atoms with van der Waals surface area (Å²) >= 11 is 0. The molecule has 3 heterocycles. The molecule has 0 bridgehead atoms. The van der Waals surface area contributed by atoms with Crippen LogP contribution in [-0.4, -0.2) is 9.55 Å². The molecule has 1 aliphatic carbocycles. The predicted octanol–water partition coefficient (Wildman–Crippen LogP) is 13.0. The van der Waals surface area contributed by atoms with Gasteiger partial charge >= 0.3 is 0 Å². The lowest BCUT2D eigenvalue weighted by Gasteiger charge is -2.40. The first kappa shape index (κ1) is 29.5. The van der Waals surface area contributed by atoms with Crippen LogP contribution in [0.5, 0.6) is 0 Å². The minimum absolute atomic E-state index is 0.562. The number of nitrogens with zero attached hydrogens (tertiary/aromatic N) is 2. The van der Waals surface area contributed by atoms with E-state index in [1.54, 1.807) is 0 Å². The molecule has 8 aromatic carbocycles. The molecule has 0 fully saturated rings. The molecular weight excluding hydrogens is 653 g/mol. The number of aromatic nitrogens is 2. The van der Waals surface area contributed by atoms with Crippen molar-refractivity contribution in [2.24, 2.45) is 0 Å². The normalized spacial score (nSPS) is 15.1. The SMILES string of the molecule is c1ccc(-c2ccc(-c3cc(-c4cccc5c4C4(c6ccccc6-5)c5ccccc5-n5c6ccccc6c6cccc4c65)nc4ccccc34)cc2)cc1. The topological polar surface area (TPSA) is 17.8 Å². The summed E-state index contributed by atoms with van der Waals surface area (Å²) in [7, 11) is 0. The number of hydrogen-bond acceptors (Lipinski definition) is 1. The van der Waals surface area contributed by atoms with Gasteiger partial charge in [0.1, 0.15) is 0 Å². The Morgan fingerprint density at radius 3 is 1.89 bits per heavy atom. The Morgan fingerprint density at radius 1 is 0.389 bits per heavy atom. The molecule has 0 radical (unpaired) electrons. The van der Waals surface area contributed by atoms with Gasteiger partial charge in [0.15, 0.2) is 0 Å². The second kappa shape index (κ2) is 11.0. The fraction of sp³-hybridized carbons (Fsp3) is 0.0192. The summed E-state index contributed by atoms with van der Waals surface area (Å²) in [5.41, 5.74) is 18.9. The third-order valence-corrected chi connectivity index (χ3v) is 12.0. The molecule has 54 heavy (non-hydrogen) atoms. The van der Waals surface area contributed by atoms with Crippen LogP contribution >= 0.6 is 0 Å². The van der Waals surface area contributed by atoms with Crippen LogP contribution in [0.15, 0.2) is 194 Å². The second-order valence-corrected chi connectivity index (χ2v) is 14.6. The first-order chi connectivity index (χ1) is 26.8. The van der Waals surface area contributed by atoms with Crippen LogP contribution in [-0.2, 0) is 5.41 Å². The molecule has 2 heteroatoms. The zero-order valence-corrected chi connectivity index (χ0v) is 29.4. The molecule has 1 atom stereocenters. The van der Waals surface area contributed by atoms with Gasteiger partial charge in [-0.15, -0.1) is 0 Å². The average molecular weight is 685 g/mol. The minimum Gasteiger partial charge on any atom is -0.309 e. The maximum absolute atomic E-state index is 5.49. The molecular formula is C52H32N2.